The van der Waals surface area contributed by atoms with Gasteiger partial charge in [0.1, 0.15) is 5.75 Å². The average Bonchev–Trinajstić information content (AvgIpc) is 2.61. The van der Waals surface area contributed by atoms with Crippen LogP contribution in [0.4, 0.5) is 0 Å². The Labute approximate surface area is 132 Å². The van der Waals surface area contributed by atoms with E-state index in [0.717, 1.165) is 16.3 Å². The summed E-state index contributed by atoms with van der Waals surface area (Å²) in [5.74, 6) is -0.0257. The molecule has 0 radical (unpaired) electrons. The van der Waals surface area contributed by atoms with Gasteiger partial charge in [0.2, 0.25) is 0 Å². The third kappa shape index (κ3) is 2.62. The molecule has 0 fully saturated rings. The number of hydrogen-bond acceptors (Lipinski definition) is 4. The molecule has 0 aliphatic heterocycles. The number of rotatable bonds is 2. The lowest BCUT2D eigenvalue weighted by molar-refractivity contribution is 0.0729. The van der Waals surface area contributed by atoms with E-state index < -0.39 is 5.97 Å². The Morgan fingerprint density at radius 3 is 2.43 bits per heavy atom. The van der Waals surface area contributed by atoms with Gasteiger partial charge < -0.3 is 4.74 Å². The van der Waals surface area contributed by atoms with Gasteiger partial charge in [-0.15, -0.1) is 0 Å². The SMILES string of the molecule is O=C(Oc1ccc2ccccc2c1)c1cnc2ccccc2n1. The van der Waals surface area contributed by atoms with Gasteiger partial charge in [0.15, 0.2) is 5.69 Å². The highest BCUT2D eigenvalue weighted by Crippen LogP contribution is 2.21. The molecule has 4 rings (SSSR count). The zero-order valence-electron chi connectivity index (χ0n) is 12.1. The van der Waals surface area contributed by atoms with Crippen LogP contribution in [0.5, 0.6) is 5.75 Å². The Hall–Kier alpha value is -3.27. The van der Waals surface area contributed by atoms with E-state index in [-0.39, 0.29) is 5.69 Å². The highest BCUT2D eigenvalue weighted by atomic mass is 16.5. The summed E-state index contributed by atoms with van der Waals surface area (Å²) >= 11 is 0. The van der Waals surface area contributed by atoms with Crippen LogP contribution in [0.2, 0.25) is 0 Å². The maximum absolute atomic E-state index is 12.3. The molecule has 23 heavy (non-hydrogen) atoms. The van der Waals surface area contributed by atoms with E-state index in [9.17, 15) is 4.79 Å². The monoisotopic (exact) mass is 300 g/mol. The zero-order valence-corrected chi connectivity index (χ0v) is 12.1. The lowest BCUT2D eigenvalue weighted by Gasteiger charge is -2.06. The Bertz CT molecular complexity index is 1030. The third-order valence-corrected chi connectivity index (χ3v) is 3.59. The molecule has 110 valence electrons. The van der Waals surface area contributed by atoms with E-state index in [1.54, 1.807) is 6.07 Å². The zero-order chi connectivity index (χ0) is 15.6. The number of benzene rings is 3. The Balaban J connectivity index is 1.64. The number of ether oxygens (including phenoxy) is 1. The predicted molar refractivity (Wildman–Crippen MR) is 88.4 cm³/mol. The summed E-state index contributed by atoms with van der Waals surface area (Å²) in [5, 5.41) is 2.11. The fourth-order valence-corrected chi connectivity index (χ4v) is 2.45. The van der Waals surface area contributed by atoms with Crippen LogP contribution in [0.3, 0.4) is 0 Å². The topological polar surface area (TPSA) is 52.1 Å². The number of hydrogen-bond donors (Lipinski definition) is 0. The van der Waals surface area contributed by atoms with Crippen LogP contribution < -0.4 is 4.74 Å². The largest absolute Gasteiger partial charge is 0.422 e. The standard InChI is InChI=1S/C19H12N2O2/c22-19(18-12-20-16-7-3-4-8-17(16)21-18)23-15-10-9-13-5-1-2-6-14(13)11-15/h1-12H. The Kier molecular flexibility index (Phi) is 3.20. The van der Waals surface area contributed by atoms with Crippen molar-refractivity contribution in [1.29, 1.82) is 0 Å². The maximum Gasteiger partial charge on any atom is 0.363 e. The minimum absolute atomic E-state index is 0.192. The number of fused-ring (bicyclic) bond motifs is 2. The van der Waals surface area contributed by atoms with Gasteiger partial charge in [-0.2, -0.15) is 0 Å². The van der Waals surface area contributed by atoms with Gasteiger partial charge in [0, 0.05) is 0 Å². The van der Waals surface area contributed by atoms with E-state index in [0.29, 0.717) is 11.3 Å². The summed E-state index contributed by atoms with van der Waals surface area (Å²) in [7, 11) is 0. The molecule has 4 nitrogen and oxygen atoms in total. The van der Waals surface area contributed by atoms with Crippen molar-refractivity contribution in [2.24, 2.45) is 0 Å². The lowest BCUT2D eigenvalue weighted by atomic mass is 10.1. The molecule has 1 aromatic heterocycles. The van der Waals surface area contributed by atoms with Gasteiger partial charge in [0.05, 0.1) is 17.2 Å². The van der Waals surface area contributed by atoms with Crippen LogP contribution in [0.15, 0.2) is 72.9 Å². The van der Waals surface area contributed by atoms with Crippen molar-refractivity contribution in [2.75, 3.05) is 0 Å². The highest BCUT2D eigenvalue weighted by Gasteiger charge is 2.12. The molecule has 4 heteroatoms. The number of carbonyl (C=O) groups is 1. The van der Waals surface area contributed by atoms with Crippen LogP contribution in [0.1, 0.15) is 10.5 Å². The van der Waals surface area contributed by atoms with Gasteiger partial charge in [-0.05, 0) is 35.0 Å². The number of nitrogens with zero attached hydrogens (tertiary/aromatic N) is 2. The van der Waals surface area contributed by atoms with E-state index in [1.807, 2.05) is 60.7 Å². The van der Waals surface area contributed by atoms with E-state index in [2.05, 4.69) is 9.97 Å². The number of para-hydroxylation sites is 2. The summed E-state index contributed by atoms with van der Waals surface area (Å²) in [6.07, 6.45) is 1.44. The van der Waals surface area contributed by atoms with Crippen molar-refractivity contribution in [3.63, 3.8) is 0 Å². The van der Waals surface area contributed by atoms with Gasteiger partial charge in [0.25, 0.3) is 0 Å². The lowest BCUT2D eigenvalue weighted by Crippen LogP contribution is -2.11. The molecule has 0 saturated heterocycles. The van der Waals surface area contributed by atoms with E-state index in [4.69, 9.17) is 4.74 Å². The normalized spacial score (nSPS) is 10.8. The smallest absolute Gasteiger partial charge is 0.363 e. The third-order valence-electron chi connectivity index (χ3n) is 3.59. The molecule has 4 aromatic rings. The summed E-state index contributed by atoms with van der Waals surface area (Å²) in [6, 6.07) is 20.8. The Morgan fingerprint density at radius 2 is 1.57 bits per heavy atom. The summed E-state index contributed by atoms with van der Waals surface area (Å²) in [6.45, 7) is 0. The fourth-order valence-electron chi connectivity index (χ4n) is 2.45. The number of esters is 1. The van der Waals surface area contributed by atoms with Gasteiger partial charge >= 0.3 is 5.97 Å². The van der Waals surface area contributed by atoms with E-state index >= 15 is 0 Å². The number of carbonyl (C=O) groups excluding carboxylic acids is 1. The molecule has 0 atom stereocenters. The molecule has 0 bridgehead atoms. The minimum Gasteiger partial charge on any atom is -0.422 e. The molecule has 0 spiro atoms. The van der Waals surface area contributed by atoms with Crippen LogP contribution in [0.25, 0.3) is 21.8 Å². The Morgan fingerprint density at radius 1 is 0.826 bits per heavy atom. The highest BCUT2D eigenvalue weighted by molar-refractivity contribution is 5.92. The second-order valence-electron chi connectivity index (χ2n) is 5.14. The average molecular weight is 300 g/mol. The van der Waals surface area contributed by atoms with Crippen molar-refractivity contribution >= 4 is 27.8 Å². The summed E-state index contributed by atoms with van der Waals surface area (Å²) < 4.78 is 5.42. The molecular formula is C19H12N2O2. The van der Waals surface area contributed by atoms with Crippen molar-refractivity contribution < 1.29 is 9.53 Å². The number of aromatic nitrogens is 2. The first-order valence-corrected chi connectivity index (χ1v) is 7.22. The van der Waals surface area contributed by atoms with Gasteiger partial charge in [-0.3, -0.25) is 4.98 Å². The van der Waals surface area contributed by atoms with E-state index in [1.165, 1.54) is 6.20 Å². The van der Waals surface area contributed by atoms with Crippen molar-refractivity contribution in [1.82, 2.24) is 9.97 Å². The summed E-state index contributed by atoms with van der Waals surface area (Å²) in [4.78, 5) is 20.8. The van der Waals surface area contributed by atoms with Crippen LogP contribution in [-0.4, -0.2) is 15.9 Å². The molecule has 0 unspecified atom stereocenters. The molecule has 0 N–H and O–H groups in total. The first-order valence-electron chi connectivity index (χ1n) is 7.22. The molecule has 0 aliphatic carbocycles. The summed E-state index contributed by atoms with van der Waals surface area (Å²) in [5.41, 5.74) is 1.60. The quantitative estimate of drug-likeness (QED) is 0.415. The van der Waals surface area contributed by atoms with Crippen molar-refractivity contribution in [3.05, 3.63) is 78.6 Å². The predicted octanol–water partition coefficient (Wildman–Crippen LogP) is 4.00. The molecular weight excluding hydrogens is 288 g/mol. The van der Waals surface area contributed by atoms with Gasteiger partial charge in [-0.25, -0.2) is 9.78 Å². The molecule has 3 aromatic carbocycles. The van der Waals surface area contributed by atoms with Gasteiger partial charge in [-0.1, -0.05) is 42.5 Å². The first kappa shape index (κ1) is 13.4. The van der Waals surface area contributed by atoms with Crippen LogP contribution >= 0.6 is 0 Å². The molecule has 1 heterocycles. The van der Waals surface area contributed by atoms with Crippen LogP contribution in [0, 0.1) is 0 Å². The van der Waals surface area contributed by atoms with Crippen molar-refractivity contribution in [3.8, 4) is 5.75 Å². The van der Waals surface area contributed by atoms with Crippen molar-refractivity contribution in [2.45, 2.75) is 0 Å². The minimum atomic E-state index is -0.515. The second kappa shape index (κ2) is 5.50. The molecule has 0 amide bonds. The maximum atomic E-state index is 12.3. The molecule has 0 saturated carbocycles. The van der Waals surface area contributed by atoms with Crippen LogP contribution in [-0.2, 0) is 0 Å². The first-order chi connectivity index (χ1) is 11.3. The fraction of sp³-hybridized carbons (Fsp3) is 0. The molecule has 0 aliphatic rings. The second-order valence-corrected chi connectivity index (χ2v) is 5.14.